The Labute approximate surface area is 215 Å². The smallest absolute Gasteiger partial charge is 0.417 e. The number of fused-ring (bicyclic) bond motifs is 2. The minimum atomic E-state index is -4.73. The number of anilines is 1. The number of carbonyl (C=O) groups is 2. The first-order valence-electron chi connectivity index (χ1n) is 12.0. The molecule has 1 saturated heterocycles. The Hall–Kier alpha value is -4.00. The number of ether oxygens (including phenoxy) is 2. The molecule has 3 amide bonds. The van der Waals surface area contributed by atoms with Gasteiger partial charge in [0.1, 0.15) is 12.4 Å². The number of hydrogen-bond donors (Lipinski definition) is 3. The summed E-state index contributed by atoms with van der Waals surface area (Å²) in [6, 6.07) is 10.8. The molecular weight excluding hydrogens is 507 g/mol. The number of nitrogens with one attached hydrogen (secondary N) is 2. The first kappa shape index (κ1) is 25.6. The maximum absolute atomic E-state index is 13.2. The summed E-state index contributed by atoms with van der Waals surface area (Å²) < 4.78 is 49.9. The third-order valence-electron chi connectivity index (χ3n) is 6.92. The van der Waals surface area contributed by atoms with Crippen molar-refractivity contribution in [2.75, 3.05) is 38.7 Å². The van der Waals surface area contributed by atoms with Crippen molar-refractivity contribution in [3.8, 4) is 16.9 Å². The fourth-order valence-electron chi connectivity index (χ4n) is 4.68. The molecule has 3 heterocycles. The Morgan fingerprint density at radius 2 is 1.82 bits per heavy atom. The summed E-state index contributed by atoms with van der Waals surface area (Å²) in [5.41, 5.74) is 1.05. The van der Waals surface area contributed by atoms with Gasteiger partial charge in [0.2, 0.25) is 5.95 Å². The molecule has 0 atom stereocenters. The van der Waals surface area contributed by atoms with Crippen LogP contribution >= 0.6 is 0 Å². The minimum absolute atomic E-state index is 0.184. The number of halogens is 3. The Kier molecular flexibility index (Phi) is 6.55. The van der Waals surface area contributed by atoms with Crippen LogP contribution < -0.4 is 10.1 Å². The molecule has 0 aliphatic carbocycles. The van der Waals surface area contributed by atoms with Gasteiger partial charge < -0.3 is 29.4 Å². The van der Waals surface area contributed by atoms with E-state index in [0.717, 1.165) is 16.7 Å². The molecule has 10 nitrogen and oxygen atoms in total. The van der Waals surface area contributed by atoms with Crippen molar-refractivity contribution in [1.29, 1.82) is 0 Å². The maximum atomic E-state index is 13.2. The highest BCUT2D eigenvalue weighted by Crippen LogP contribution is 2.39. The van der Waals surface area contributed by atoms with Crippen LogP contribution in [0.5, 0.6) is 5.75 Å². The number of rotatable bonds is 2. The predicted octanol–water partition coefficient (Wildman–Crippen LogP) is 4.11. The van der Waals surface area contributed by atoms with Gasteiger partial charge in [-0.2, -0.15) is 13.2 Å². The van der Waals surface area contributed by atoms with E-state index >= 15 is 0 Å². The van der Waals surface area contributed by atoms with Gasteiger partial charge in [0.05, 0.1) is 31.2 Å². The lowest BCUT2D eigenvalue weighted by Gasteiger charge is -2.40. The summed E-state index contributed by atoms with van der Waals surface area (Å²) in [5, 5.41) is 12.4. The number of likely N-dealkylation sites (tertiary alicyclic amines) is 1. The average Bonchev–Trinajstić information content (AvgIpc) is 3.16. The minimum Gasteiger partial charge on any atom is -0.491 e. The third-order valence-corrected chi connectivity index (χ3v) is 6.92. The lowest BCUT2D eigenvalue weighted by molar-refractivity contribution is -0.271. The fraction of sp³-hybridized carbons (Fsp3) is 0.400. The number of H-pyrrole nitrogens is 1. The van der Waals surface area contributed by atoms with E-state index in [-0.39, 0.29) is 44.8 Å². The third kappa shape index (κ3) is 4.93. The zero-order valence-corrected chi connectivity index (χ0v) is 20.5. The van der Waals surface area contributed by atoms with Crippen molar-refractivity contribution in [3.63, 3.8) is 0 Å². The summed E-state index contributed by atoms with van der Waals surface area (Å²) in [7, 11) is 1.26. The van der Waals surface area contributed by atoms with E-state index in [4.69, 9.17) is 4.74 Å². The molecule has 2 aromatic carbocycles. The molecule has 0 saturated carbocycles. The number of piperidine rings is 1. The quantitative estimate of drug-likeness (QED) is 0.456. The van der Waals surface area contributed by atoms with Gasteiger partial charge in [-0.25, -0.2) is 14.6 Å². The number of alkyl halides is 3. The van der Waals surface area contributed by atoms with E-state index in [2.05, 4.69) is 20.0 Å². The van der Waals surface area contributed by atoms with Crippen molar-refractivity contribution in [2.45, 2.75) is 31.2 Å². The summed E-state index contributed by atoms with van der Waals surface area (Å²) in [6.45, 7) is 0.376. The number of hydrogen-bond acceptors (Lipinski definition) is 6. The summed E-state index contributed by atoms with van der Waals surface area (Å²) in [5.74, 6) is 0.876. The number of carbonyl (C=O) groups excluding carboxylic acids is 2. The second-order valence-corrected chi connectivity index (χ2v) is 9.33. The highest BCUT2D eigenvalue weighted by molar-refractivity contribution is 5.88. The van der Waals surface area contributed by atoms with Crippen molar-refractivity contribution in [2.24, 2.45) is 0 Å². The second-order valence-electron chi connectivity index (χ2n) is 9.33. The lowest BCUT2D eigenvalue weighted by Crippen LogP contribution is -2.56. The molecule has 0 unspecified atom stereocenters. The van der Waals surface area contributed by atoms with Crippen LogP contribution in [0.3, 0.4) is 0 Å². The molecule has 0 bridgehead atoms. The van der Waals surface area contributed by atoms with E-state index in [1.807, 2.05) is 30.3 Å². The highest BCUT2D eigenvalue weighted by Gasteiger charge is 2.55. The van der Waals surface area contributed by atoms with Gasteiger partial charge in [-0.15, -0.1) is 0 Å². The number of urea groups is 1. The molecule has 2 aliphatic heterocycles. The number of nitrogens with zero attached hydrogens (tertiary/aromatic N) is 3. The Morgan fingerprint density at radius 1 is 1.11 bits per heavy atom. The topological polar surface area (TPSA) is 120 Å². The standard InChI is InChI=1S/C25H26F3N5O5/c1-37-22(34)31-21-29-18-4-2-16(13-19(18)30-21)15-3-5-20-17(12-15)14-33(10-11-38-20)23(35)32-8-6-24(36,7-9-32)25(26,27)28/h2-5,12-13,36H,6-11,14H2,1H3,(H2,29,30,31,34). The maximum Gasteiger partial charge on any atom is 0.417 e. The normalized spacial score (nSPS) is 17.4. The summed E-state index contributed by atoms with van der Waals surface area (Å²) in [4.78, 5) is 34.8. The monoisotopic (exact) mass is 533 g/mol. The van der Waals surface area contributed by atoms with Gasteiger partial charge in [-0.05, 0) is 35.4 Å². The number of aromatic nitrogens is 2. The van der Waals surface area contributed by atoms with Crippen molar-refractivity contribution >= 4 is 29.1 Å². The number of amides is 3. The number of methoxy groups -OCH3 is 1. The lowest BCUT2D eigenvalue weighted by atomic mass is 9.91. The van der Waals surface area contributed by atoms with Crippen molar-refractivity contribution in [3.05, 3.63) is 42.0 Å². The molecule has 0 radical (unpaired) electrons. The number of aliphatic hydroxyl groups is 1. The number of imidazole rings is 1. The van der Waals surface area contributed by atoms with Crippen LogP contribution in [0, 0.1) is 0 Å². The molecule has 0 spiro atoms. The van der Waals surface area contributed by atoms with Gasteiger partial charge >= 0.3 is 18.3 Å². The highest BCUT2D eigenvalue weighted by atomic mass is 19.4. The van der Waals surface area contributed by atoms with Crippen LogP contribution in [0.1, 0.15) is 18.4 Å². The van der Waals surface area contributed by atoms with E-state index in [0.29, 0.717) is 16.8 Å². The van der Waals surface area contributed by atoms with Crippen LogP contribution in [0.2, 0.25) is 0 Å². The first-order valence-corrected chi connectivity index (χ1v) is 12.0. The van der Waals surface area contributed by atoms with Crippen LogP contribution in [-0.2, 0) is 11.3 Å². The van der Waals surface area contributed by atoms with Gasteiger partial charge in [0, 0.05) is 31.5 Å². The molecule has 5 rings (SSSR count). The largest absolute Gasteiger partial charge is 0.491 e. The Bertz CT molecular complexity index is 1370. The van der Waals surface area contributed by atoms with Gasteiger partial charge in [-0.1, -0.05) is 12.1 Å². The van der Waals surface area contributed by atoms with E-state index in [9.17, 15) is 27.9 Å². The van der Waals surface area contributed by atoms with Crippen molar-refractivity contribution in [1.82, 2.24) is 19.8 Å². The van der Waals surface area contributed by atoms with Crippen LogP contribution in [0.4, 0.5) is 28.7 Å². The first-order chi connectivity index (χ1) is 18.1. The van der Waals surface area contributed by atoms with Crippen LogP contribution in [-0.4, -0.2) is 82.1 Å². The molecule has 1 fully saturated rings. The molecule has 202 valence electrons. The zero-order valence-electron chi connectivity index (χ0n) is 20.5. The Balaban J connectivity index is 1.33. The van der Waals surface area contributed by atoms with Crippen LogP contribution in [0.15, 0.2) is 36.4 Å². The number of aromatic amines is 1. The molecule has 1 aromatic heterocycles. The number of benzene rings is 2. The van der Waals surface area contributed by atoms with E-state index < -0.39 is 30.7 Å². The molecule has 2 aliphatic rings. The molecule has 3 N–H and O–H groups in total. The molecule has 3 aromatic rings. The van der Waals surface area contributed by atoms with Gasteiger partial charge in [-0.3, -0.25) is 5.32 Å². The molecule has 13 heteroatoms. The van der Waals surface area contributed by atoms with Gasteiger partial charge in [0.15, 0.2) is 5.60 Å². The van der Waals surface area contributed by atoms with E-state index in [1.54, 1.807) is 11.0 Å². The summed E-state index contributed by atoms with van der Waals surface area (Å²) in [6.07, 6.45) is -6.48. The summed E-state index contributed by atoms with van der Waals surface area (Å²) >= 11 is 0. The van der Waals surface area contributed by atoms with Crippen LogP contribution in [0.25, 0.3) is 22.2 Å². The predicted molar refractivity (Wildman–Crippen MR) is 131 cm³/mol. The molecule has 38 heavy (non-hydrogen) atoms. The fourth-order valence-corrected chi connectivity index (χ4v) is 4.68. The zero-order chi connectivity index (χ0) is 27.1. The van der Waals surface area contributed by atoms with Crippen molar-refractivity contribution < 1.29 is 37.3 Å². The average molecular weight is 534 g/mol. The SMILES string of the molecule is COC(=O)Nc1nc2ccc(-c3ccc4c(c3)CN(C(=O)N3CCC(O)(C(F)(F)F)CC3)CCO4)cc2[nH]1. The second kappa shape index (κ2) is 9.71. The van der Waals surface area contributed by atoms with E-state index in [1.165, 1.54) is 12.0 Å². The van der Waals surface area contributed by atoms with Gasteiger partial charge in [0.25, 0.3) is 0 Å². The Morgan fingerprint density at radius 3 is 2.53 bits per heavy atom. The molecular formula is C25H26F3N5O5.